The first-order chi connectivity index (χ1) is 13.2. The molecule has 1 N–H and O–H groups in total. The average molecular weight is 374 g/mol. The number of hydrogen-bond acceptors (Lipinski definition) is 5. The molecule has 0 saturated carbocycles. The van der Waals surface area contributed by atoms with Crippen LogP contribution in [0.2, 0.25) is 0 Å². The van der Waals surface area contributed by atoms with E-state index in [9.17, 15) is 9.59 Å². The zero-order chi connectivity index (χ0) is 18.6. The number of carbonyl (C=O) groups excluding carboxylic acids is 2. The number of esters is 1. The van der Waals surface area contributed by atoms with Gasteiger partial charge in [0.25, 0.3) is 5.91 Å². The van der Waals surface area contributed by atoms with Crippen LogP contribution in [0.5, 0.6) is 5.75 Å². The van der Waals surface area contributed by atoms with Crippen molar-refractivity contribution < 1.29 is 14.3 Å². The van der Waals surface area contributed by atoms with Crippen LogP contribution in [0.4, 0.5) is 5.69 Å². The number of benzene rings is 2. The minimum absolute atomic E-state index is 0.180. The number of thiophene rings is 1. The summed E-state index contributed by atoms with van der Waals surface area (Å²) < 4.78 is 5.43. The summed E-state index contributed by atoms with van der Waals surface area (Å²) in [5, 5.41) is 8.08. The molecule has 4 aromatic rings. The Balaban J connectivity index is 1.48. The van der Waals surface area contributed by atoms with Crippen LogP contribution < -0.4 is 10.1 Å². The lowest BCUT2D eigenvalue weighted by Crippen LogP contribution is -2.12. The normalized spacial score (nSPS) is 10.5. The van der Waals surface area contributed by atoms with Crippen molar-refractivity contribution in [3.05, 3.63) is 88.9 Å². The van der Waals surface area contributed by atoms with Gasteiger partial charge < -0.3 is 10.1 Å². The van der Waals surface area contributed by atoms with E-state index >= 15 is 0 Å². The lowest BCUT2D eigenvalue weighted by atomic mass is 10.1. The zero-order valence-electron chi connectivity index (χ0n) is 14.1. The van der Waals surface area contributed by atoms with Crippen molar-refractivity contribution in [2.75, 3.05) is 5.32 Å². The number of amides is 1. The highest BCUT2D eigenvalue weighted by Crippen LogP contribution is 2.21. The van der Waals surface area contributed by atoms with E-state index in [4.69, 9.17) is 4.74 Å². The lowest BCUT2D eigenvalue weighted by Gasteiger charge is -2.08. The zero-order valence-corrected chi connectivity index (χ0v) is 14.9. The van der Waals surface area contributed by atoms with Gasteiger partial charge in [-0.25, -0.2) is 9.78 Å². The van der Waals surface area contributed by atoms with Gasteiger partial charge in [0.15, 0.2) is 5.69 Å². The standard InChI is InChI=1S/C21H14N2O3S/c24-20(15-10-12-27-13-15)23-16-5-7-17(8-6-16)26-21(25)19-18-4-2-1-3-14(18)9-11-22-19/h1-13H,(H,23,24). The van der Waals surface area contributed by atoms with E-state index in [1.54, 1.807) is 41.9 Å². The van der Waals surface area contributed by atoms with Crippen LogP contribution in [0, 0.1) is 0 Å². The van der Waals surface area contributed by atoms with Crippen LogP contribution in [0.15, 0.2) is 77.6 Å². The molecule has 0 aliphatic carbocycles. The maximum absolute atomic E-state index is 12.5. The Hall–Kier alpha value is -3.51. The van der Waals surface area contributed by atoms with E-state index in [0.717, 1.165) is 10.8 Å². The Morgan fingerprint density at radius 1 is 0.963 bits per heavy atom. The summed E-state index contributed by atoms with van der Waals surface area (Å²) in [6.45, 7) is 0. The summed E-state index contributed by atoms with van der Waals surface area (Å²) in [6.07, 6.45) is 1.59. The molecule has 2 heterocycles. The Morgan fingerprint density at radius 2 is 1.78 bits per heavy atom. The third-order valence-corrected chi connectivity index (χ3v) is 4.66. The third kappa shape index (κ3) is 3.70. The van der Waals surface area contributed by atoms with Crippen molar-refractivity contribution in [2.24, 2.45) is 0 Å². The van der Waals surface area contributed by atoms with E-state index in [1.165, 1.54) is 11.3 Å². The Labute approximate surface area is 159 Å². The molecule has 1 amide bonds. The first-order valence-electron chi connectivity index (χ1n) is 8.20. The highest BCUT2D eigenvalue weighted by Gasteiger charge is 2.14. The molecule has 0 fully saturated rings. The van der Waals surface area contributed by atoms with Gasteiger partial charge in [-0.3, -0.25) is 4.79 Å². The predicted molar refractivity (Wildman–Crippen MR) is 105 cm³/mol. The molecule has 0 saturated heterocycles. The fraction of sp³-hybridized carbons (Fsp3) is 0. The molecule has 0 aliphatic heterocycles. The quantitative estimate of drug-likeness (QED) is 0.413. The molecule has 4 rings (SSSR count). The van der Waals surface area contributed by atoms with Gasteiger partial charge in [-0.15, -0.1) is 0 Å². The fourth-order valence-corrected chi connectivity index (χ4v) is 3.28. The van der Waals surface area contributed by atoms with E-state index in [0.29, 0.717) is 17.0 Å². The summed E-state index contributed by atoms with van der Waals surface area (Å²) in [5.74, 6) is -0.328. The van der Waals surface area contributed by atoms with E-state index in [2.05, 4.69) is 10.3 Å². The van der Waals surface area contributed by atoms with Gasteiger partial charge in [-0.2, -0.15) is 11.3 Å². The molecular weight excluding hydrogens is 360 g/mol. The minimum atomic E-state index is -0.526. The Bertz CT molecular complexity index is 1100. The molecular formula is C21H14N2O3S. The molecule has 0 spiro atoms. The molecule has 27 heavy (non-hydrogen) atoms. The average Bonchev–Trinajstić information content (AvgIpc) is 3.24. The number of anilines is 1. The van der Waals surface area contributed by atoms with Crippen LogP contribution in [-0.4, -0.2) is 16.9 Å². The Kier molecular flexibility index (Phi) is 4.63. The van der Waals surface area contributed by atoms with Crippen molar-refractivity contribution in [1.82, 2.24) is 4.98 Å². The van der Waals surface area contributed by atoms with Gasteiger partial charge in [-0.1, -0.05) is 24.3 Å². The topological polar surface area (TPSA) is 68.3 Å². The van der Waals surface area contributed by atoms with E-state index < -0.39 is 5.97 Å². The second-order valence-corrected chi connectivity index (χ2v) is 6.54. The summed E-state index contributed by atoms with van der Waals surface area (Å²) >= 11 is 1.46. The van der Waals surface area contributed by atoms with Crippen molar-refractivity contribution in [3.8, 4) is 5.75 Å². The summed E-state index contributed by atoms with van der Waals surface area (Å²) in [5.41, 5.74) is 1.50. The molecule has 0 bridgehead atoms. The molecule has 132 valence electrons. The van der Waals surface area contributed by atoms with Gasteiger partial charge in [0.05, 0.1) is 5.56 Å². The van der Waals surface area contributed by atoms with Gasteiger partial charge in [0.1, 0.15) is 5.75 Å². The van der Waals surface area contributed by atoms with Crippen LogP contribution in [0.1, 0.15) is 20.8 Å². The fourth-order valence-electron chi connectivity index (χ4n) is 2.64. The summed E-state index contributed by atoms with van der Waals surface area (Å²) in [6, 6.07) is 17.7. The monoisotopic (exact) mass is 374 g/mol. The van der Waals surface area contributed by atoms with Crippen LogP contribution >= 0.6 is 11.3 Å². The maximum atomic E-state index is 12.5. The number of fused-ring (bicyclic) bond motifs is 1. The number of nitrogens with one attached hydrogen (secondary N) is 1. The second kappa shape index (κ2) is 7.39. The maximum Gasteiger partial charge on any atom is 0.362 e. The van der Waals surface area contributed by atoms with Crippen molar-refractivity contribution in [2.45, 2.75) is 0 Å². The number of pyridine rings is 1. The molecule has 2 aromatic carbocycles. The number of aromatic nitrogens is 1. The first kappa shape index (κ1) is 16.9. The minimum Gasteiger partial charge on any atom is -0.422 e. The lowest BCUT2D eigenvalue weighted by molar-refractivity contribution is 0.0730. The van der Waals surface area contributed by atoms with Gasteiger partial charge in [0, 0.05) is 22.7 Å². The number of hydrogen-bond donors (Lipinski definition) is 1. The number of rotatable bonds is 4. The van der Waals surface area contributed by atoms with E-state index in [-0.39, 0.29) is 11.6 Å². The van der Waals surface area contributed by atoms with Crippen molar-refractivity contribution >= 4 is 39.7 Å². The van der Waals surface area contributed by atoms with Crippen LogP contribution in [-0.2, 0) is 0 Å². The Morgan fingerprint density at radius 3 is 2.56 bits per heavy atom. The van der Waals surface area contributed by atoms with Crippen molar-refractivity contribution in [3.63, 3.8) is 0 Å². The SMILES string of the molecule is O=C(Nc1ccc(OC(=O)c2nccc3ccccc23)cc1)c1ccsc1. The molecule has 6 heteroatoms. The third-order valence-electron chi connectivity index (χ3n) is 3.97. The van der Waals surface area contributed by atoms with Gasteiger partial charge in [-0.05, 0) is 47.2 Å². The molecule has 5 nitrogen and oxygen atoms in total. The first-order valence-corrected chi connectivity index (χ1v) is 9.14. The number of nitrogens with zero attached hydrogens (tertiary/aromatic N) is 1. The molecule has 0 radical (unpaired) electrons. The molecule has 0 unspecified atom stereocenters. The van der Waals surface area contributed by atoms with Crippen LogP contribution in [0.3, 0.4) is 0 Å². The largest absolute Gasteiger partial charge is 0.422 e. The number of carbonyl (C=O) groups is 2. The van der Waals surface area contributed by atoms with Crippen molar-refractivity contribution in [1.29, 1.82) is 0 Å². The van der Waals surface area contributed by atoms with Gasteiger partial charge in [0.2, 0.25) is 0 Å². The highest BCUT2D eigenvalue weighted by molar-refractivity contribution is 7.08. The summed E-state index contributed by atoms with van der Waals surface area (Å²) in [4.78, 5) is 28.7. The molecule has 0 aliphatic rings. The van der Waals surface area contributed by atoms with E-state index in [1.807, 2.05) is 35.7 Å². The summed E-state index contributed by atoms with van der Waals surface area (Å²) in [7, 11) is 0. The molecule has 2 aromatic heterocycles. The second-order valence-electron chi connectivity index (χ2n) is 5.76. The van der Waals surface area contributed by atoms with Gasteiger partial charge >= 0.3 is 5.97 Å². The predicted octanol–water partition coefficient (Wildman–Crippen LogP) is 4.77. The molecule has 0 atom stereocenters. The smallest absolute Gasteiger partial charge is 0.362 e. The number of ether oxygens (including phenoxy) is 1. The highest BCUT2D eigenvalue weighted by atomic mass is 32.1. The van der Waals surface area contributed by atoms with Crippen LogP contribution in [0.25, 0.3) is 10.8 Å².